The lowest BCUT2D eigenvalue weighted by molar-refractivity contribution is 0.0761. The molecule has 0 fully saturated rings. The van der Waals surface area contributed by atoms with E-state index >= 15 is 0 Å². The summed E-state index contributed by atoms with van der Waals surface area (Å²) in [5, 5.41) is 14.5. The molecule has 6 nitrogen and oxygen atoms in total. The zero-order chi connectivity index (χ0) is 25.3. The van der Waals surface area contributed by atoms with Crippen molar-refractivity contribution in [1.82, 2.24) is 19.2 Å². The van der Waals surface area contributed by atoms with Crippen molar-refractivity contribution in [3.63, 3.8) is 0 Å². The number of aromatic nitrogens is 4. The highest BCUT2D eigenvalue weighted by Crippen LogP contribution is 2.38. The van der Waals surface area contributed by atoms with Crippen LogP contribution in [0.15, 0.2) is 42.7 Å². The van der Waals surface area contributed by atoms with Gasteiger partial charge in [0, 0.05) is 37.6 Å². The number of nitriles is 1. The quantitative estimate of drug-likeness (QED) is 0.206. The van der Waals surface area contributed by atoms with Gasteiger partial charge in [0.25, 0.3) is 0 Å². The zero-order valence-corrected chi connectivity index (χ0v) is 22.3. The van der Waals surface area contributed by atoms with Crippen LogP contribution in [0.5, 0.6) is 0 Å². The Morgan fingerprint density at radius 2 is 1.89 bits per heavy atom. The summed E-state index contributed by atoms with van der Waals surface area (Å²) in [5.41, 5.74) is 6.26. The van der Waals surface area contributed by atoms with Crippen LogP contribution in [0.3, 0.4) is 0 Å². The Bertz CT molecular complexity index is 1410. The van der Waals surface area contributed by atoms with Crippen molar-refractivity contribution in [2.45, 2.75) is 59.1 Å². The maximum Gasteiger partial charge on any atom is 0.144 e. The fourth-order valence-corrected chi connectivity index (χ4v) is 4.94. The Morgan fingerprint density at radius 3 is 2.54 bits per heavy atom. The molecule has 0 N–H and O–H groups in total. The highest BCUT2D eigenvalue weighted by atomic mass is 28.3. The number of halogens is 1. The molecule has 0 aliphatic heterocycles. The minimum atomic E-state index is -1.21. The van der Waals surface area contributed by atoms with E-state index in [-0.39, 0.29) is 11.7 Å². The topological polar surface area (TPSA) is 68.1 Å². The third-order valence-electron chi connectivity index (χ3n) is 6.09. The van der Waals surface area contributed by atoms with Crippen molar-refractivity contribution in [1.29, 1.82) is 5.26 Å². The lowest BCUT2D eigenvalue weighted by Crippen LogP contribution is -2.22. The van der Waals surface area contributed by atoms with E-state index in [0.29, 0.717) is 30.2 Å². The maximum atomic E-state index is 14.1. The molecule has 4 aromatic rings. The molecular formula is C27H32FN5OSi. The molecule has 0 aliphatic rings. The number of rotatable bonds is 8. The monoisotopic (exact) mass is 489 g/mol. The SMILES string of the molecule is Cc1cc(-c2nn(COCC[Si](C)(C)C)c(C(C)C)c2-c2ccc3ncc(C#N)n3c2)ccc1F. The summed E-state index contributed by atoms with van der Waals surface area (Å²) in [4.78, 5) is 4.32. The normalized spacial score (nSPS) is 12.0. The van der Waals surface area contributed by atoms with Gasteiger partial charge in [0.2, 0.25) is 0 Å². The van der Waals surface area contributed by atoms with Crippen LogP contribution in [0.1, 0.15) is 36.7 Å². The molecule has 3 heterocycles. The fourth-order valence-electron chi connectivity index (χ4n) is 4.18. The van der Waals surface area contributed by atoms with E-state index in [1.807, 2.05) is 29.1 Å². The second-order valence-corrected chi connectivity index (χ2v) is 16.1. The van der Waals surface area contributed by atoms with E-state index in [0.717, 1.165) is 34.1 Å². The van der Waals surface area contributed by atoms with Gasteiger partial charge in [0.1, 0.15) is 35.7 Å². The third-order valence-corrected chi connectivity index (χ3v) is 7.79. The molecule has 4 rings (SSSR count). The smallest absolute Gasteiger partial charge is 0.144 e. The van der Waals surface area contributed by atoms with Gasteiger partial charge >= 0.3 is 0 Å². The number of ether oxygens (including phenoxy) is 1. The number of pyridine rings is 1. The van der Waals surface area contributed by atoms with Gasteiger partial charge in [-0.3, -0.25) is 4.40 Å². The molecule has 3 aromatic heterocycles. The van der Waals surface area contributed by atoms with E-state index < -0.39 is 8.07 Å². The number of benzene rings is 1. The van der Waals surface area contributed by atoms with Gasteiger partial charge in [-0.25, -0.2) is 14.1 Å². The Labute approximate surface area is 207 Å². The van der Waals surface area contributed by atoms with Crippen molar-refractivity contribution in [3.05, 3.63) is 65.5 Å². The molecule has 0 radical (unpaired) electrons. The Morgan fingerprint density at radius 1 is 1.14 bits per heavy atom. The van der Waals surface area contributed by atoms with Crippen LogP contribution in [0.4, 0.5) is 4.39 Å². The minimum Gasteiger partial charge on any atom is -0.360 e. The lowest BCUT2D eigenvalue weighted by Gasteiger charge is -2.17. The largest absolute Gasteiger partial charge is 0.360 e. The second-order valence-electron chi connectivity index (χ2n) is 10.5. The molecule has 0 unspecified atom stereocenters. The van der Waals surface area contributed by atoms with Gasteiger partial charge in [-0.05, 0) is 54.8 Å². The van der Waals surface area contributed by atoms with E-state index in [9.17, 15) is 9.65 Å². The highest BCUT2D eigenvalue weighted by Gasteiger charge is 2.24. The first-order chi connectivity index (χ1) is 16.6. The van der Waals surface area contributed by atoms with Gasteiger partial charge < -0.3 is 4.74 Å². The van der Waals surface area contributed by atoms with Crippen LogP contribution in [0.25, 0.3) is 28.0 Å². The van der Waals surface area contributed by atoms with E-state index in [2.05, 4.69) is 44.5 Å². The van der Waals surface area contributed by atoms with Gasteiger partial charge in [-0.1, -0.05) is 33.5 Å². The molecule has 0 aliphatic carbocycles. The zero-order valence-electron chi connectivity index (χ0n) is 21.3. The van der Waals surface area contributed by atoms with Crippen LogP contribution in [0.2, 0.25) is 25.7 Å². The molecular weight excluding hydrogens is 457 g/mol. The molecule has 0 spiro atoms. The number of hydrogen-bond donors (Lipinski definition) is 0. The van der Waals surface area contributed by atoms with Gasteiger partial charge in [0.15, 0.2) is 0 Å². The first-order valence-corrected chi connectivity index (χ1v) is 15.6. The molecule has 0 saturated carbocycles. The Kier molecular flexibility index (Phi) is 6.92. The first kappa shape index (κ1) is 24.8. The summed E-state index contributed by atoms with van der Waals surface area (Å²) < 4.78 is 23.9. The number of hydrogen-bond acceptors (Lipinski definition) is 4. The van der Waals surface area contributed by atoms with Crippen LogP contribution in [-0.4, -0.2) is 33.8 Å². The summed E-state index contributed by atoms with van der Waals surface area (Å²) in [6, 6.07) is 12.3. The standard InChI is InChI=1S/C27H32FN5OSi/c1-18(2)27-25(21-8-10-24-30-15-22(14-29)32(24)16-21)26(20-7-9-23(28)19(3)13-20)31-33(27)17-34-11-12-35(4,5)6/h7-10,13,15-16,18H,11-12,17H2,1-6H3. The molecule has 182 valence electrons. The predicted molar refractivity (Wildman–Crippen MR) is 139 cm³/mol. The van der Waals surface area contributed by atoms with Crippen LogP contribution in [-0.2, 0) is 11.5 Å². The maximum absolute atomic E-state index is 14.1. The lowest BCUT2D eigenvalue weighted by atomic mass is 9.95. The third kappa shape index (κ3) is 5.21. The summed E-state index contributed by atoms with van der Waals surface area (Å²) in [5.74, 6) is -0.0886. The van der Waals surface area contributed by atoms with Crippen LogP contribution >= 0.6 is 0 Å². The molecule has 35 heavy (non-hydrogen) atoms. The molecule has 0 amide bonds. The van der Waals surface area contributed by atoms with Gasteiger partial charge in [0.05, 0.1) is 11.9 Å². The summed E-state index contributed by atoms with van der Waals surface area (Å²) >= 11 is 0. The summed E-state index contributed by atoms with van der Waals surface area (Å²) in [7, 11) is -1.21. The first-order valence-electron chi connectivity index (χ1n) is 11.9. The fraction of sp³-hybridized carbons (Fsp3) is 0.370. The average molecular weight is 490 g/mol. The van der Waals surface area contributed by atoms with E-state index in [4.69, 9.17) is 9.84 Å². The van der Waals surface area contributed by atoms with Crippen molar-refractivity contribution in [3.8, 4) is 28.5 Å². The van der Waals surface area contributed by atoms with E-state index in [1.165, 1.54) is 6.07 Å². The van der Waals surface area contributed by atoms with Gasteiger partial charge in [-0.15, -0.1) is 0 Å². The van der Waals surface area contributed by atoms with Gasteiger partial charge in [-0.2, -0.15) is 10.4 Å². The molecule has 0 saturated heterocycles. The van der Waals surface area contributed by atoms with Crippen molar-refractivity contribution < 1.29 is 9.13 Å². The number of aryl methyl sites for hydroxylation is 1. The Hall–Kier alpha value is -3.28. The van der Waals surface area contributed by atoms with Crippen LogP contribution < -0.4 is 0 Å². The Balaban J connectivity index is 1.87. The summed E-state index contributed by atoms with van der Waals surface area (Å²) in [6.07, 6.45) is 3.50. The second kappa shape index (κ2) is 9.76. The molecule has 0 bridgehead atoms. The number of nitrogens with zero attached hydrogens (tertiary/aromatic N) is 5. The number of fused-ring (bicyclic) bond motifs is 1. The van der Waals surface area contributed by atoms with Crippen molar-refractivity contribution in [2.24, 2.45) is 0 Å². The average Bonchev–Trinajstić information content (AvgIpc) is 3.38. The molecule has 1 aromatic carbocycles. The number of imidazole rings is 1. The van der Waals surface area contributed by atoms with Crippen LogP contribution in [0, 0.1) is 24.1 Å². The van der Waals surface area contributed by atoms with E-state index in [1.54, 1.807) is 23.6 Å². The highest BCUT2D eigenvalue weighted by molar-refractivity contribution is 6.76. The van der Waals surface area contributed by atoms with Crippen molar-refractivity contribution >= 4 is 13.7 Å². The van der Waals surface area contributed by atoms with Crippen molar-refractivity contribution in [2.75, 3.05) is 6.61 Å². The predicted octanol–water partition coefficient (Wildman–Crippen LogP) is 6.62. The molecule has 8 heteroatoms. The minimum absolute atomic E-state index is 0.155. The molecule has 0 atom stereocenters. The summed E-state index contributed by atoms with van der Waals surface area (Å²) in [6.45, 7) is 14.1.